The molecule has 1 atom stereocenters. The number of rotatable bonds is 7. The molecule has 1 aromatic heterocycles. The van der Waals surface area contributed by atoms with Crippen LogP contribution in [0.3, 0.4) is 0 Å². The number of phenolic OH excluding ortho intramolecular Hbond substituents is 2. The second-order valence-corrected chi connectivity index (χ2v) is 7.09. The van der Waals surface area contributed by atoms with Gasteiger partial charge in [-0.25, -0.2) is 13.6 Å². The van der Waals surface area contributed by atoms with Crippen molar-refractivity contribution in [1.82, 2.24) is 0 Å². The first-order chi connectivity index (χ1) is 15.1. The van der Waals surface area contributed by atoms with E-state index in [-0.39, 0.29) is 41.0 Å². The van der Waals surface area contributed by atoms with Gasteiger partial charge in [-0.05, 0) is 49.7 Å². The van der Waals surface area contributed by atoms with Gasteiger partial charge in [0.2, 0.25) is 11.2 Å². The first kappa shape index (κ1) is 23.0. The fourth-order valence-corrected chi connectivity index (χ4v) is 2.98. The van der Waals surface area contributed by atoms with Gasteiger partial charge in [-0.2, -0.15) is 0 Å². The molecule has 1 heterocycles. The van der Waals surface area contributed by atoms with Crippen LogP contribution in [0.25, 0.3) is 22.3 Å². The molecule has 170 valence electrons. The van der Waals surface area contributed by atoms with Crippen LogP contribution in [0.1, 0.15) is 12.8 Å². The van der Waals surface area contributed by atoms with Crippen LogP contribution < -0.4 is 21.6 Å². The monoisotopic (exact) mass is 450 g/mol. The van der Waals surface area contributed by atoms with Gasteiger partial charge in [-0.15, -0.1) is 0 Å². The zero-order valence-electron chi connectivity index (χ0n) is 16.5. The van der Waals surface area contributed by atoms with E-state index in [0.29, 0.717) is 0 Å². The summed E-state index contributed by atoms with van der Waals surface area (Å²) in [5.41, 5.74) is 7.42. The van der Waals surface area contributed by atoms with E-state index < -0.39 is 47.0 Å². The van der Waals surface area contributed by atoms with Crippen LogP contribution in [0.2, 0.25) is 0 Å². The summed E-state index contributed by atoms with van der Waals surface area (Å²) < 4.78 is 37.4. The number of alkyl halides is 2. The fourth-order valence-electron chi connectivity index (χ4n) is 2.98. The van der Waals surface area contributed by atoms with Gasteiger partial charge in [0.05, 0.1) is 5.39 Å². The summed E-state index contributed by atoms with van der Waals surface area (Å²) in [6.07, 6.45) is -3.53. The Kier molecular flexibility index (Phi) is 6.32. The lowest BCUT2D eigenvalue weighted by atomic mass is 9.95. The number of phenols is 2. The predicted octanol–water partition coefficient (Wildman–Crippen LogP) is 2.18. The minimum atomic E-state index is -3.20. The maximum absolute atomic E-state index is 13.4. The molecule has 0 aliphatic rings. The van der Waals surface area contributed by atoms with Crippen molar-refractivity contribution in [2.45, 2.75) is 24.8 Å². The fraction of sp³-hybridized carbons (Fsp3) is 0.238. The van der Waals surface area contributed by atoms with Gasteiger partial charge in [0, 0.05) is 11.6 Å². The maximum Gasteiger partial charge on any atom is 0.337 e. The topological polar surface area (TPSA) is 169 Å². The third-order valence-corrected chi connectivity index (χ3v) is 4.85. The van der Waals surface area contributed by atoms with Crippen molar-refractivity contribution in [1.29, 1.82) is 0 Å². The van der Waals surface area contributed by atoms with Crippen LogP contribution in [0.15, 0.2) is 45.6 Å². The Morgan fingerprint density at radius 3 is 2.47 bits per heavy atom. The first-order valence-corrected chi connectivity index (χ1v) is 9.40. The average molecular weight is 450 g/mol. The highest BCUT2D eigenvalue weighted by Crippen LogP contribution is 2.36. The third kappa shape index (κ3) is 4.20. The van der Waals surface area contributed by atoms with Crippen molar-refractivity contribution in [3.63, 3.8) is 0 Å². The number of aromatic hydroxyl groups is 3. The lowest BCUT2D eigenvalue weighted by Crippen LogP contribution is -2.56. The Bertz CT molecular complexity index is 1230. The standard InChI is InChI=1S/C21H20F2N2O7/c22-19(23)21(25,6-1-7-24)20(30)31-11-3-4-12-15(9-11)32-18(17(29)16(12)28)10-2-5-13(26)14(27)8-10/h2-5,8-9,19,26-27,29H,1,6-7,24-25H2. The minimum absolute atomic E-state index is 0.0547. The summed E-state index contributed by atoms with van der Waals surface area (Å²) in [6.45, 7) is 0.0547. The van der Waals surface area contributed by atoms with E-state index in [1.165, 1.54) is 12.1 Å². The highest BCUT2D eigenvalue weighted by atomic mass is 19.3. The molecule has 11 heteroatoms. The molecule has 3 rings (SSSR count). The normalized spacial score (nSPS) is 13.3. The van der Waals surface area contributed by atoms with Gasteiger partial charge in [-0.1, -0.05) is 0 Å². The Balaban J connectivity index is 2.02. The number of carbonyl (C=O) groups excluding carboxylic acids is 1. The first-order valence-electron chi connectivity index (χ1n) is 9.40. The molecule has 0 fully saturated rings. The zero-order valence-corrected chi connectivity index (χ0v) is 16.5. The summed E-state index contributed by atoms with van der Waals surface area (Å²) in [4.78, 5) is 24.9. The smallest absolute Gasteiger partial charge is 0.337 e. The molecule has 0 aliphatic heterocycles. The van der Waals surface area contributed by atoms with Crippen molar-refractivity contribution in [2.75, 3.05) is 6.54 Å². The number of carbonyl (C=O) groups is 1. The van der Waals surface area contributed by atoms with Gasteiger partial charge < -0.3 is 35.9 Å². The van der Waals surface area contributed by atoms with Gasteiger partial charge in [0.1, 0.15) is 11.3 Å². The molecule has 0 radical (unpaired) electrons. The Morgan fingerprint density at radius 2 is 1.84 bits per heavy atom. The number of esters is 1. The summed E-state index contributed by atoms with van der Waals surface area (Å²) in [5, 5.41) is 29.3. The number of hydrogen-bond acceptors (Lipinski definition) is 9. The van der Waals surface area contributed by atoms with Crippen molar-refractivity contribution in [2.24, 2.45) is 11.5 Å². The molecule has 3 aromatic rings. The number of halogens is 2. The number of benzene rings is 2. The van der Waals surface area contributed by atoms with E-state index in [0.717, 1.165) is 24.3 Å². The number of fused-ring (bicyclic) bond motifs is 1. The number of hydrogen-bond donors (Lipinski definition) is 5. The van der Waals surface area contributed by atoms with E-state index >= 15 is 0 Å². The summed E-state index contributed by atoms with van der Waals surface area (Å²) in [6, 6.07) is 6.92. The molecule has 9 nitrogen and oxygen atoms in total. The van der Waals surface area contributed by atoms with Crippen LogP contribution in [-0.2, 0) is 4.79 Å². The largest absolute Gasteiger partial charge is 0.504 e. The Hall–Kier alpha value is -3.70. The lowest BCUT2D eigenvalue weighted by molar-refractivity contribution is -0.147. The number of ether oxygens (including phenoxy) is 1. The van der Waals surface area contributed by atoms with E-state index in [1.54, 1.807) is 0 Å². The SMILES string of the molecule is NCCCC(N)(C(=O)Oc1ccc2c(=O)c(O)c(-c3ccc(O)c(O)c3)oc2c1)C(F)F. The second-order valence-electron chi connectivity index (χ2n) is 7.09. The molecular formula is C21H20F2N2O7. The van der Waals surface area contributed by atoms with Crippen LogP contribution in [0, 0.1) is 0 Å². The highest BCUT2D eigenvalue weighted by Gasteiger charge is 2.45. The van der Waals surface area contributed by atoms with Crippen LogP contribution >= 0.6 is 0 Å². The third-order valence-electron chi connectivity index (χ3n) is 4.85. The van der Waals surface area contributed by atoms with Crippen LogP contribution in [0.4, 0.5) is 8.78 Å². The van der Waals surface area contributed by atoms with E-state index in [2.05, 4.69) is 0 Å². The van der Waals surface area contributed by atoms with E-state index in [1.807, 2.05) is 0 Å². The van der Waals surface area contributed by atoms with Crippen molar-refractivity contribution < 1.29 is 38.0 Å². The molecule has 32 heavy (non-hydrogen) atoms. The molecule has 7 N–H and O–H groups in total. The zero-order chi connectivity index (χ0) is 23.6. The highest BCUT2D eigenvalue weighted by molar-refractivity contribution is 5.86. The molecule has 1 unspecified atom stereocenters. The quantitative estimate of drug-likeness (QED) is 0.206. The molecule has 0 saturated heterocycles. The van der Waals surface area contributed by atoms with E-state index in [9.17, 15) is 33.7 Å². The van der Waals surface area contributed by atoms with Crippen LogP contribution in [-0.4, -0.2) is 39.8 Å². The summed E-state index contributed by atoms with van der Waals surface area (Å²) in [7, 11) is 0. The van der Waals surface area contributed by atoms with Gasteiger partial charge in [0.15, 0.2) is 22.8 Å². The molecule has 0 spiro atoms. The predicted molar refractivity (Wildman–Crippen MR) is 110 cm³/mol. The average Bonchev–Trinajstić information content (AvgIpc) is 2.76. The van der Waals surface area contributed by atoms with Gasteiger partial charge in [-0.3, -0.25) is 4.79 Å². The summed E-state index contributed by atoms with van der Waals surface area (Å²) in [5.74, 6) is -3.64. The molecule has 0 saturated carbocycles. The maximum atomic E-state index is 13.4. The van der Waals surface area contributed by atoms with Crippen molar-refractivity contribution in [3.8, 4) is 34.3 Å². The van der Waals surface area contributed by atoms with Crippen LogP contribution in [0.5, 0.6) is 23.0 Å². The van der Waals surface area contributed by atoms with Crippen molar-refractivity contribution in [3.05, 3.63) is 46.6 Å². The summed E-state index contributed by atoms with van der Waals surface area (Å²) >= 11 is 0. The molecule has 2 aromatic carbocycles. The minimum Gasteiger partial charge on any atom is -0.504 e. The van der Waals surface area contributed by atoms with E-state index in [4.69, 9.17) is 20.6 Å². The number of nitrogens with two attached hydrogens (primary N) is 2. The van der Waals surface area contributed by atoms with Gasteiger partial charge in [0.25, 0.3) is 6.43 Å². The van der Waals surface area contributed by atoms with Crippen molar-refractivity contribution >= 4 is 16.9 Å². The second kappa shape index (κ2) is 8.81. The molecular weight excluding hydrogens is 430 g/mol. The van der Waals surface area contributed by atoms with Gasteiger partial charge >= 0.3 is 5.97 Å². The lowest BCUT2D eigenvalue weighted by Gasteiger charge is -2.25. The molecule has 0 bridgehead atoms. The molecule has 0 aliphatic carbocycles. The Morgan fingerprint density at radius 1 is 1.12 bits per heavy atom. The molecule has 0 amide bonds. The Labute approximate surface area is 179 Å².